The molecule has 4 nitrogen and oxygen atoms in total. The highest BCUT2D eigenvalue weighted by molar-refractivity contribution is 5.94. The number of hydrogen-bond acceptors (Lipinski definition) is 2. The lowest BCUT2D eigenvalue weighted by Crippen LogP contribution is -2.31. The summed E-state index contributed by atoms with van der Waals surface area (Å²) in [7, 11) is 0. The fourth-order valence-corrected chi connectivity index (χ4v) is 3.06. The fraction of sp³-hybridized carbons (Fsp3) is 0.304. The monoisotopic (exact) mass is 378 g/mol. The van der Waals surface area contributed by atoms with E-state index in [-0.39, 0.29) is 23.7 Å². The Bertz CT molecular complexity index is 882. The molecule has 0 saturated heterocycles. The Kier molecular flexibility index (Phi) is 5.24. The van der Waals surface area contributed by atoms with Gasteiger partial charge in [-0.15, -0.1) is 0 Å². The number of nitrogens with one attached hydrogen (secondary N) is 1. The predicted molar refractivity (Wildman–Crippen MR) is 106 cm³/mol. The molecule has 144 valence electrons. The summed E-state index contributed by atoms with van der Waals surface area (Å²) in [4.78, 5) is 26.6. The Hall–Kier alpha value is -2.95. The molecule has 0 heterocycles. The Morgan fingerprint density at radius 3 is 2.29 bits per heavy atom. The third kappa shape index (κ3) is 4.85. The zero-order valence-electron chi connectivity index (χ0n) is 15.6. The van der Waals surface area contributed by atoms with Crippen LogP contribution in [0.3, 0.4) is 0 Å². The van der Waals surface area contributed by atoms with Gasteiger partial charge in [0.15, 0.2) is 0 Å². The molecular weight excluding hydrogens is 355 g/mol. The SMILES string of the molecule is O=C(NC1CC1)c1ccc(CN(C(=O)/C=C/c2ccc(F)cc2)C2CC2)cc1. The van der Waals surface area contributed by atoms with Crippen molar-refractivity contribution in [2.45, 2.75) is 44.3 Å². The van der Waals surface area contributed by atoms with Gasteiger partial charge in [0.2, 0.25) is 5.91 Å². The van der Waals surface area contributed by atoms with Gasteiger partial charge in [0, 0.05) is 30.3 Å². The van der Waals surface area contributed by atoms with Crippen molar-refractivity contribution in [3.8, 4) is 0 Å². The fourth-order valence-electron chi connectivity index (χ4n) is 3.06. The van der Waals surface area contributed by atoms with Crippen molar-refractivity contribution >= 4 is 17.9 Å². The molecule has 0 spiro atoms. The second-order valence-corrected chi connectivity index (χ2v) is 7.53. The molecule has 2 aromatic carbocycles. The lowest BCUT2D eigenvalue weighted by Gasteiger charge is -2.21. The Balaban J connectivity index is 1.39. The minimum Gasteiger partial charge on any atom is -0.349 e. The third-order valence-electron chi connectivity index (χ3n) is 5.04. The summed E-state index contributed by atoms with van der Waals surface area (Å²) < 4.78 is 13.0. The third-order valence-corrected chi connectivity index (χ3v) is 5.04. The number of hydrogen-bond donors (Lipinski definition) is 1. The molecule has 0 aromatic heterocycles. The van der Waals surface area contributed by atoms with Gasteiger partial charge in [-0.2, -0.15) is 0 Å². The zero-order chi connectivity index (χ0) is 19.5. The molecule has 0 atom stereocenters. The van der Waals surface area contributed by atoms with Crippen LogP contribution < -0.4 is 5.32 Å². The van der Waals surface area contributed by atoms with Gasteiger partial charge in [-0.1, -0.05) is 24.3 Å². The van der Waals surface area contributed by atoms with Crippen molar-refractivity contribution in [3.05, 3.63) is 77.1 Å². The van der Waals surface area contributed by atoms with Gasteiger partial charge in [0.1, 0.15) is 5.82 Å². The minimum absolute atomic E-state index is 0.0357. The molecule has 0 radical (unpaired) electrons. The molecule has 28 heavy (non-hydrogen) atoms. The molecule has 2 amide bonds. The summed E-state index contributed by atoms with van der Waals surface area (Å²) in [5, 5.41) is 2.98. The number of rotatable bonds is 7. The molecule has 2 aliphatic carbocycles. The number of carbonyl (C=O) groups excluding carboxylic acids is 2. The van der Waals surface area contributed by atoms with Gasteiger partial charge in [-0.25, -0.2) is 4.39 Å². The average molecular weight is 378 g/mol. The van der Waals surface area contributed by atoms with E-state index in [1.807, 2.05) is 29.2 Å². The molecular formula is C23H23FN2O2. The zero-order valence-corrected chi connectivity index (χ0v) is 15.6. The Morgan fingerprint density at radius 1 is 1.00 bits per heavy atom. The number of benzene rings is 2. The van der Waals surface area contributed by atoms with Crippen LogP contribution in [0.4, 0.5) is 4.39 Å². The molecule has 2 fully saturated rings. The van der Waals surface area contributed by atoms with E-state index < -0.39 is 0 Å². The first-order valence-corrected chi connectivity index (χ1v) is 9.72. The quantitative estimate of drug-likeness (QED) is 0.743. The van der Waals surface area contributed by atoms with E-state index in [1.165, 1.54) is 12.1 Å². The number of amides is 2. The molecule has 1 N–H and O–H groups in total. The van der Waals surface area contributed by atoms with Crippen molar-refractivity contribution in [2.24, 2.45) is 0 Å². The molecule has 0 unspecified atom stereocenters. The van der Waals surface area contributed by atoms with E-state index in [0.29, 0.717) is 18.2 Å². The predicted octanol–water partition coefficient (Wildman–Crippen LogP) is 3.92. The highest BCUT2D eigenvalue weighted by Crippen LogP contribution is 2.29. The van der Waals surface area contributed by atoms with E-state index in [1.54, 1.807) is 24.3 Å². The van der Waals surface area contributed by atoms with E-state index in [9.17, 15) is 14.0 Å². The highest BCUT2D eigenvalue weighted by atomic mass is 19.1. The molecule has 2 aromatic rings. The summed E-state index contributed by atoms with van der Waals surface area (Å²) >= 11 is 0. The normalized spacial score (nSPS) is 16.2. The average Bonchev–Trinajstić information content (AvgIpc) is 3.60. The van der Waals surface area contributed by atoms with Gasteiger partial charge in [-0.05, 0) is 67.2 Å². The summed E-state index contributed by atoms with van der Waals surface area (Å²) in [5.74, 6) is -0.383. The van der Waals surface area contributed by atoms with Crippen LogP contribution in [0.5, 0.6) is 0 Å². The molecule has 5 heteroatoms. The molecule has 2 saturated carbocycles. The van der Waals surface area contributed by atoms with Gasteiger partial charge in [-0.3, -0.25) is 9.59 Å². The van der Waals surface area contributed by atoms with Crippen LogP contribution in [-0.4, -0.2) is 28.8 Å². The maximum absolute atomic E-state index is 13.0. The first-order chi connectivity index (χ1) is 13.6. The van der Waals surface area contributed by atoms with Crippen LogP contribution >= 0.6 is 0 Å². The van der Waals surface area contributed by atoms with Crippen molar-refractivity contribution < 1.29 is 14.0 Å². The van der Waals surface area contributed by atoms with Crippen LogP contribution in [0.1, 0.15) is 47.2 Å². The van der Waals surface area contributed by atoms with Crippen LogP contribution in [0.15, 0.2) is 54.6 Å². The van der Waals surface area contributed by atoms with E-state index >= 15 is 0 Å². The Morgan fingerprint density at radius 2 is 1.68 bits per heavy atom. The van der Waals surface area contributed by atoms with E-state index in [4.69, 9.17) is 0 Å². The largest absolute Gasteiger partial charge is 0.349 e. The molecule has 4 rings (SSSR count). The van der Waals surface area contributed by atoms with Gasteiger partial charge >= 0.3 is 0 Å². The lowest BCUT2D eigenvalue weighted by atomic mass is 10.1. The van der Waals surface area contributed by atoms with E-state index in [0.717, 1.165) is 36.8 Å². The Labute approximate surface area is 164 Å². The summed E-state index contributed by atoms with van der Waals surface area (Å²) in [5.41, 5.74) is 2.44. The van der Waals surface area contributed by atoms with Crippen LogP contribution in [-0.2, 0) is 11.3 Å². The van der Waals surface area contributed by atoms with Crippen molar-refractivity contribution in [3.63, 3.8) is 0 Å². The number of nitrogens with zero attached hydrogens (tertiary/aromatic N) is 1. The molecule has 0 aliphatic heterocycles. The van der Waals surface area contributed by atoms with Crippen LogP contribution in [0.25, 0.3) is 6.08 Å². The summed E-state index contributed by atoms with van der Waals surface area (Å²) in [6.07, 6.45) is 7.41. The smallest absolute Gasteiger partial charge is 0.251 e. The van der Waals surface area contributed by atoms with Crippen molar-refractivity contribution in [1.29, 1.82) is 0 Å². The summed E-state index contributed by atoms with van der Waals surface area (Å²) in [6.45, 7) is 0.516. The lowest BCUT2D eigenvalue weighted by molar-refractivity contribution is -0.127. The maximum Gasteiger partial charge on any atom is 0.251 e. The highest BCUT2D eigenvalue weighted by Gasteiger charge is 2.31. The topological polar surface area (TPSA) is 49.4 Å². The van der Waals surface area contributed by atoms with E-state index in [2.05, 4.69) is 5.32 Å². The second kappa shape index (κ2) is 7.97. The summed E-state index contributed by atoms with van der Waals surface area (Å²) in [6, 6.07) is 14.1. The maximum atomic E-state index is 13.0. The van der Waals surface area contributed by atoms with Gasteiger partial charge < -0.3 is 10.2 Å². The standard InChI is InChI=1S/C23H23FN2O2/c24-19-8-3-16(4-9-19)5-14-22(27)26(21-12-13-21)15-17-1-6-18(7-2-17)23(28)25-20-10-11-20/h1-9,14,20-21H,10-13,15H2,(H,25,28)/b14-5+. The number of carbonyl (C=O) groups is 2. The van der Waals surface area contributed by atoms with Gasteiger partial charge in [0.05, 0.1) is 0 Å². The first-order valence-electron chi connectivity index (χ1n) is 9.72. The minimum atomic E-state index is -0.294. The molecule has 0 bridgehead atoms. The van der Waals surface area contributed by atoms with Crippen LogP contribution in [0, 0.1) is 5.82 Å². The van der Waals surface area contributed by atoms with Crippen molar-refractivity contribution in [2.75, 3.05) is 0 Å². The first kappa shape index (κ1) is 18.4. The molecule has 2 aliphatic rings. The van der Waals surface area contributed by atoms with Crippen molar-refractivity contribution in [1.82, 2.24) is 10.2 Å². The second-order valence-electron chi connectivity index (χ2n) is 7.53. The van der Waals surface area contributed by atoms with Gasteiger partial charge in [0.25, 0.3) is 5.91 Å². The number of halogens is 1. The van der Waals surface area contributed by atoms with Crippen LogP contribution in [0.2, 0.25) is 0 Å².